The molecule has 4 unspecified atom stereocenters. The summed E-state index contributed by atoms with van der Waals surface area (Å²) in [5.41, 5.74) is 4.83. The lowest BCUT2D eigenvalue weighted by molar-refractivity contribution is -0.138. The largest absolute Gasteiger partial charge is 0.481 e. The molecule has 0 amide bonds. The van der Waals surface area contributed by atoms with Crippen LogP contribution in [0.4, 0.5) is 0 Å². The van der Waals surface area contributed by atoms with Gasteiger partial charge in [0.15, 0.2) is 0 Å². The maximum Gasteiger partial charge on any atom is 0.305 e. The van der Waals surface area contributed by atoms with Gasteiger partial charge in [0.1, 0.15) is 6.10 Å². The Morgan fingerprint density at radius 1 is 1.42 bits per heavy atom. The lowest BCUT2D eigenvalue weighted by Crippen LogP contribution is -2.32. The molecular formula is C18H27NO5. The van der Waals surface area contributed by atoms with Gasteiger partial charge < -0.3 is 15.3 Å². The monoisotopic (exact) mass is 337 g/mol. The first-order chi connectivity index (χ1) is 11.5. The van der Waals surface area contributed by atoms with E-state index in [0.29, 0.717) is 19.3 Å². The van der Waals surface area contributed by atoms with E-state index in [2.05, 4.69) is 24.2 Å². The van der Waals surface area contributed by atoms with E-state index in [4.69, 9.17) is 9.94 Å². The van der Waals surface area contributed by atoms with E-state index in [1.54, 1.807) is 0 Å². The third-order valence-corrected chi connectivity index (χ3v) is 4.65. The first-order valence-corrected chi connectivity index (χ1v) is 8.71. The predicted octanol–water partition coefficient (Wildman–Crippen LogP) is 1.58. The van der Waals surface area contributed by atoms with E-state index in [1.165, 1.54) is 0 Å². The number of carbonyl (C=O) groups is 1. The van der Waals surface area contributed by atoms with Crippen LogP contribution in [-0.4, -0.2) is 40.1 Å². The Bertz CT molecular complexity index is 533. The van der Waals surface area contributed by atoms with E-state index >= 15 is 0 Å². The Hall–Kier alpha value is -1.55. The molecule has 4 N–H and O–H groups in total. The van der Waals surface area contributed by atoms with Crippen LogP contribution in [0.5, 0.6) is 0 Å². The van der Waals surface area contributed by atoms with Crippen LogP contribution in [0.15, 0.2) is 11.3 Å². The summed E-state index contributed by atoms with van der Waals surface area (Å²) in [4.78, 5) is 15.6. The van der Waals surface area contributed by atoms with E-state index < -0.39 is 18.2 Å². The quantitative estimate of drug-likeness (QED) is 0.290. The fourth-order valence-electron chi connectivity index (χ4n) is 3.19. The minimum atomic E-state index is -0.898. The van der Waals surface area contributed by atoms with Crippen LogP contribution in [0, 0.1) is 23.7 Å². The van der Waals surface area contributed by atoms with Crippen molar-refractivity contribution in [2.24, 2.45) is 11.8 Å². The Balaban J connectivity index is 1.79. The summed E-state index contributed by atoms with van der Waals surface area (Å²) in [6.07, 6.45) is 4.05. The smallest absolute Gasteiger partial charge is 0.305 e. The molecule has 0 aromatic heterocycles. The minimum Gasteiger partial charge on any atom is -0.481 e. The number of nitrogens with one attached hydrogen (secondary N) is 1. The van der Waals surface area contributed by atoms with Crippen molar-refractivity contribution >= 4 is 5.97 Å². The molecule has 0 radical (unpaired) electrons. The number of carboxylic acid groups (broad SMARTS) is 1. The molecule has 0 spiro atoms. The van der Waals surface area contributed by atoms with Gasteiger partial charge in [-0.05, 0) is 31.3 Å². The highest BCUT2D eigenvalue weighted by atomic mass is 16.6. The highest BCUT2D eigenvalue weighted by molar-refractivity contribution is 5.66. The van der Waals surface area contributed by atoms with Crippen molar-refractivity contribution in [3.63, 3.8) is 0 Å². The number of unbranched alkanes of at least 4 members (excludes halogenated alkanes) is 2. The molecule has 134 valence electrons. The molecule has 6 heteroatoms. The van der Waals surface area contributed by atoms with Crippen LogP contribution in [0.1, 0.15) is 51.9 Å². The van der Waals surface area contributed by atoms with Gasteiger partial charge in [0.25, 0.3) is 0 Å². The van der Waals surface area contributed by atoms with E-state index in [9.17, 15) is 15.0 Å². The molecular weight excluding hydrogens is 310 g/mol. The minimum absolute atomic E-state index is 0.0499. The first-order valence-electron chi connectivity index (χ1n) is 8.71. The van der Waals surface area contributed by atoms with Crippen molar-refractivity contribution in [3.8, 4) is 11.8 Å². The van der Waals surface area contributed by atoms with E-state index in [1.807, 2.05) is 0 Å². The molecule has 0 aromatic rings. The zero-order valence-electron chi connectivity index (χ0n) is 14.1. The second-order valence-corrected chi connectivity index (χ2v) is 6.51. The lowest BCUT2D eigenvalue weighted by Gasteiger charge is -2.30. The zero-order chi connectivity index (χ0) is 17.5. The average Bonchev–Trinajstić information content (AvgIpc) is 2.76. The molecule has 0 aliphatic heterocycles. The van der Waals surface area contributed by atoms with Crippen LogP contribution in [0.2, 0.25) is 0 Å². The summed E-state index contributed by atoms with van der Waals surface area (Å²) in [6, 6.07) is 0. The van der Waals surface area contributed by atoms with Crippen LogP contribution in [0.3, 0.4) is 0 Å². The standard InChI is InChI=1S/C18H27NO5/c1-2-3-4-5-13(20)7-6-12-10-14-15(18(12)23)11-16(14)19-24-9-8-17(21)22/h12-13,15,18-20,23H,2-5,8-11H2,1H3,(H,21,22). The molecule has 2 rings (SSSR count). The second kappa shape index (κ2) is 9.07. The van der Waals surface area contributed by atoms with Crippen LogP contribution < -0.4 is 5.48 Å². The predicted molar refractivity (Wildman–Crippen MR) is 88.5 cm³/mol. The van der Waals surface area contributed by atoms with Gasteiger partial charge in [0.2, 0.25) is 0 Å². The fourth-order valence-corrected chi connectivity index (χ4v) is 3.19. The highest BCUT2D eigenvalue weighted by Gasteiger charge is 2.45. The normalized spacial score (nSPS) is 26.2. The molecule has 0 saturated heterocycles. The van der Waals surface area contributed by atoms with Crippen molar-refractivity contribution in [1.82, 2.24) is 5.48 Å². The Labute approximate surface area is 142 Å². The van der Waals surface area contributed by atoms with Crippen molar-refractivity contribution < 1.29 is 25.0 Å². The van der Waals surface area contributed by atoms with Gasteiger partial charge in [0.05, 0.1) is 25.0 Å². The molecule has 0 heterocycles. The SMILES string of the molecule is CCCCCC(O)C#CC1CC2=C(NOCCC(=O)O)CC2C1O. The molecule has 24 heavy (non-hydrogen) atoms. The number of carboxylic acids is 1. The molecule has 1 fully saturated rings. The van der Waals surface area contributed by atoms with Gasteiger partial charge in [-0.25, -0.2) is 0 Å². The summed E-state index contributed by atoms with van der Waals surface area (Å²) in [5, 5.41) is 28.7. The van der Waals surface area contributed by atoms with Crippen molar-refractivity contribution in [2.45, 2.75) is 64.1 Å². The summed E-state index contributed by atoms with van der Waals surface area (Å²) in [6.45, 7) is 2.22. The second-order valence-electron chi connectivity index (χ2n) is 6.51. The summed E-state index contributed by atoms with van der Waals surface area (Å²) in [5.74, 6) is 4.96. The third-order valence-electron chi connectivity index (χ3n) is 4.65. The number of rotatable bonds is 9. The van der Waals surface area contributed by atoms with Crippen molar-refractivity contribution in [3.05, 3.63) is 11.3 Å². The third kappa shape index (κ3) is 4.97. The number of fused-ring (bicyclic) bond motifs is 1. The summed E-state index contributed by atoms with van der Waals surface area (Å²) in [7, 11) is 0. The number of hydroxylamine groups is 1. The summed E-state index contributed by atoms with van der Waals surface area (Å²) < 4.78 is 0. The number of allylic oxidation sites excluding steroid dienone is 1. The van der Waals surface area contributed by atoms with E-state index in [0.717, 1.165) is 30.5 Å². The number of hydrogen-bond acceptors (Lipinski definition) is 5. The molecule has 0 bridgehead atoms. The molecule has 2 aliphatic rings. The Kier molecular flexibility index (Phi) is 7.10. The van der Waals surface area contributed by atoms with Gasteiger partial charge in [-0.3, -0.25) is 15.1 Å². The van der Waals surface area contributed by atoms with Crippen LogP contribution in [-0.2, 0) is 9.63 Å². The average molecular weight is 337 g/mol. The molecule has 4 atom stereocenters. The van der Waals surface area contributed by atoms with Gasteiger partial charge in [0, 0.05) is 11.6 Å². The van der Waals surface area contributed by atoms with Crippen LogP contribution >= 0.6 is 0 Å². The molecule has 0 aromatic carbocycles. The Morgan fingerprint density at radius 3 is 2.92 bits per heavy atom. The maximum absolute atomic E-state index is 10.4. The number of aliphatic hydroxyl groups excluding tert-OH is 2. The highest BCUT2D eigenvalue weighted by Crippen LogP contribution is 2.48. The van der Waals surface area contributed by atoms with E-state index in [-0.39, 0.29) is 24.9 Å². The zero-order valence-corrected chi connectivity index (χ0v) is 14.1. The van der Waals surface area contributed by atoms with Gasteiger partial charge >= 0.3 is 5.97 Å². The van der Waals surface area contributed by atoms with Gasteiger partial charge in [-0.15, -0.1) is 0 Å². The fraction of sp³-hybridized carbons (Fsp3) is 0.722. The Morgan fingerprint density at radius 2 is 2.21 bits per heavy atom. The topological polar surface area (TPSA) is 99.0 Å². The number of hydrogen-bond donors (Lipinski definition) is 4. The number of aliphatic hydroxyl groups is 2. The molecule has 6 nitrogen and oxygen atoms in total. The van der Waals surface area contributed by atoms with Gasteiger partial charge in [-0.2, -0.15) is 0 Å². The van der Waals surface area contributed by atoms with Crippen molar-refractivity contribution in [2.75, 3.05) is 6.61 Å². The molecule has 1 saturated carbocycles. The summed E-state index contributed by atoms with van der Waals surface area (Å²) >= 11 is 0. The maximum atomic E-state index is 10.4. The van der Waals surface area contributed by atoms with Crippen molar-refractivity contribution in [1.29, 1.82) is 0 Å². The van der Waals surface area contributed by atoms with Crippen LogP contribution in [0.25, 0.3) is 0 Å². The lowest BCUT2D eigenvalue weighted by atomic mass is 9.83. The molecule has 2 aliphatic carbocycles. The number of aliphatic carboxylic acids is 1. The van der Waals surface area contributed by atoms with Gasteiger partial charge in [-0.1, -0.05) is 31.6 Å². The first kappa shape index (κ1) is 18.8.